The number of esters is 1. The van der Waals surface area contributed by atoms with Crippen LogP contribution in [-0.2, 0) is 16.1 Å². The number of benzene rings is 2. The van der Waals surface area contributed by atoms with E-state index in [9.17, 15) is 14.4 Å². The quantitative estimate of drug-likeness (QED) is 0.434. The molecule has 0 radical (unpaired) electrons. The molecule has 0 bridgehead atoms. The molecule has 0 aliphatic carbocycles. The third-order valence-corrected chi connectivity index (χ3v) is 5.23. The van der Waals surface area contributed by atoms with Crippen LogP contribution >= 0.6 is 23.2 Å². The van der Waals surface area contributed by atoms with Crippen LogP contribution in [0.3, 0.4) is 0 Å². The largest absolute Gasteiger partial charge is 0.454 e. The van der Waals surface area contributed by atoms with Crippen LogP contribution in [0.15, 0.2) is 46.9 Å². The lowest BCUT2D eigenvalue weighted by Gasteiger charge is -2.20. The molecule has 152 valence electrons. The molecular weight excluding hydrogens is 433 g/mol. The highest BCUT2D eigenvalue weighted by Crippen LogP contribution is 2.32. The monoisotopic (exact) mass is 445 g/mol. The van der Waals surface area contributed by atoms with Gasteiger partial charge in [0.1, 0.15) is 6.04 Å². The minimum absolute atomic E-state index is 0.0790. The van der Waals surface area contributed by atoms with Gasteiger partial charge in [0.15, 0.2) is 6.61 Å². The van der Waals surface area contributed by atoms with Crippen molar-refractivity contribution in [3.63, 3.8) is 0 Å². The molecule has 2 amide bonds. The maximum absolute atomic E-state index is 12.6. The van der Waals surface area contributed by atoms with Crippen LogP contribution in [-0.4, -0.2) is 38.9 Å². The van der Waals surface area contributed by atoms with E-state index >= 15 is 0 Å². The number of hydrogen-bond acceptors (Lipinski definition) is 7. The van der Waals surface area contributed by atoms with Gasteiger partial charge in [0.2, 0.25) is 5.89 Å². The lowest BCUT2D eigenvalue weighted by Crippen LogP contribution is -2.43. The van der Waals surface area contributed by atoms with Crippen LogP contribution in [0.25, 0.3) is 11.5 Å². The van der Waals surface area contributed by atoms with Crippen molar-refractivity contribution in [3.05, 3.63) is 69.5 Å². The highest BCUT2D eigenvalue weighted by atomic mass is 35.5. The van der Waals surface area contributed by atoms with Crippen molar-refractivity contribution in [2.45, 2.75) is 19.6 Å². The molecule has 4 rings (SSSR count). The maximum atomic E-state index is 12.6. The summed E-state index contributed by atoms with van der Waals surface area (Å²) in [4.78, 5) is 38.5. The standard InChI is InChI=1S/C20H13Cl2N3O5/c1-10(25-18(26)12-7-14(21)15(22)8-13(12)19(25)27)20(28)29-9-16-23-24-17(30-16)11-5-3-2-4-6-11/h2-8,10H,9H2,1H3/t10-/m0/s1. The maximum Gasteiger partial charge on any atom is 0.329 e. The average molecular weight is 446 g/mol. The van der Waals surface area contributed by atoms with E-state index in [2.05, 4.69) is 10.2 Å². The van der Waals surface area contributed by atoms with E-state index in [4.69, 9.17) is 32.4 Å². The molecule has 0 N–H and O–H groups in total. The van der Waals surface area contributed by atoms with E-state index in [-0.39, 0.29) is 39.6 Å². The zero-order valence-corrected chi connectivity index (χ0v) is 17.0. The number of amides is 2. The van der Waals surface area contributed by atoms with Gasteiger partial charge in [0.25, 0.3) is 17.7 Å². The third-order valence-electron chi connectivity index (χ3n) is 4.51. The molecule has 8 nitrogen and oxygen atoms in total. The summed E-state index contributed by atoms with van der Waals surface area (Å²) >= 11 is 11.9. The summed E-state index contributed by atoms with van der Waals surface area (Å²) < 4.78 is 10.6. The van der Waals surface area contributed by atoms with Crippen molar-refractivity contribution in [3.8, 4) is 11.5 Å². The number of rotatable bonds is 5. The Hall–Kier alpha value is -3.23. The van der Waals surface area contributed by atoms with Crippen LogP contribution < -0.4 is 0 Å². The molecule has 0 spiro atoms. The Labute approximate surface area is 180 Å². The fourth-order valence-electron chi connectivity index (χ4n) is 2.97. The lowest BCUT2D eigenvalue weighted by molar-refractivity contribution is -0.149. The lowest BCUT2D eigenvalue weighted by atomic mass is 10.1. The molecule has 1 aliphatic heterocycles. The summed E-state index contributed by atoms with van der Waals surface area (Å²) in [6, 6.07) is 10.5. The van der Waals surface area contributed by atoms with E-state index < -0.39 is 23.8 Å². The Kier molecular flexibility index (Phi) is 5.27. The summed E-state index contributed by atoms with van der Waals surface area (Å²) in [5.74, 6) is -1.75. The first-order valence-corrected chi connectivity index (χ1v) is 9.53. The summed E-state index contributed by atoms with van der Waals surface area (Å²) in [6.07, 6.45) is 0. The van der Waals surface area contributed by atoms with E-state index in [0.717, 1.165) is 10.5 Å². The number of ether oxygens (including phenoxy) is 1. The minimum Gasteiger partial charge on any atom is -0.454 e. The van der Waals surface area contributed by atoms with E-state index in [1.165, 1.54) is 19.1 Å². The Balaban J connectivity index is 1.44. The Morgan fingerprint density at radius 3 is 2.27 bits per heavy atom. The number of imide groups is 1. The van der Waals surface area contributed by atoms with Crippen LogP contribution in [0.2, 0.25) is 10.0 Å². The normalized spacial score (nSPS) is 14.0. The van der Waals surface area contributed by atoms with Gasteiger partial charge in [-0.05, 0) is 31.2 Å². The van der Waals surface area contributed by atoms with Crippen molar-refractivity contribution in [2.75, 3.05) is 0 Å². The van der Waals surface area contributed by atoms with E-state index in [0.29, 0.717) is 0 Å². The molecule has 1 atom stereocenters. The molecule has 3 aromatic rings. The molecule has 2 aromatic carbocycles. The van der Waals surface area contributed by atoms with Gasteiger partial charge in [-0.3, -0.25) is 14.5 Å². The van der Waals surface area contributed by atoms with Crippen molar-refractivity contribution in [1.29, 1.82) is 0 Å². The zero-order valence-electron chi connectivity index (χ0n) is 15.5. The molecule has 0 saturated carbocycles. The van der Waals surface area contributed by atoms with Crippen molar-refractivity contribution < 1.29 is 23.5 Å². The van der Waals surface area contributed by atoms with Gasteiger partial charge in [-0.15, -0.1) is 10.2 Å². The number of hydrogen-bond donors (Lipinski definition) is 0. The fourth-order valence-corrected chi connectivity index (χ4v) is 3.30. The molecule has 10 heteroatoms. The number of carbonyl (C=O) groups is 3. The van der Waals surface area contributed by atoms with Gasteiger partial charge in [-0.1, -0.05) is 41.4 Å². The smallest absolute Gasteiger partial charge is 0.329 e. The van der Waals surface area contributed by atoms with Gasteiger partial charge in [-0.25, -0.2) is 4.79 Å². The first kappa shape index (κ1) is 20.1. The van der Waals surface area contributed by atoms with Gasteiger partial charge < -0.3 is 9.15 Å². The van der Waals surface area contributed by atoms with Crippen molar-refractivity contribution in [2.24, 2.45) is 0 Å². The highest BCUT2D eigenvalue weighted by Gasteiger charge is 2.42. The van der Waals surface area contributed by atoms with Gasteiger partial charge in [0, 0.05) is 5.56 Å². The topological polar surface area (TPSA) is 103 Å². The predicted octanol–water partition coefficient (Wildman–Crippen LogP) is 3.77. The molecular formula is C20H13Cl2N3O5. The van der Waals surface area contributed by atoms with E-state index in [1.807, 2.05) is 18.2 Å². The van der Waals surface area contributed by atoms with Crippen LogP contribution in [0.1, 0.15) is 33.5 Å². The first-order valence-electron chi connectivity index (χ1n) is 8.78. The minimum atomic E-state index is -1.17. The van der Waals surface area contributed by atoms with Crippen LogP contribution in [0.5, 0.6) is 0 Å². The summed E-state index contributed by atoms with van der Waals surface area (Å²) in [6.45, 7) is 1.08. The third kappa shape index (κ3) is 3.55. The zero-order chi connectivity index (χ0) is 21.4. The second-order valence-electron chi connectivity index (χ2n) is 6.44. The van der Waals surface area contributed by atoms with E-state index in [1.54, 1.807) is 12.1 Å². The van der Waals surface area contributed by atoms with Crippen molar-refractivity contribution in [1.82, 2.24) is 15.1 Å². The number of halogens is 2. The SMILES string of the molecule is C[C@@H](C(=O)OCc1nnc(-c2ccccc2)o1)N1C(=O)c2cc(Cl)c(Cl)cc2C1=O. The average Bonchev–Trinajstić information content (AvgIpc) is 3.31. The van der Waals surface area contributed by atoms with Crippen LogP contribution in [0.4, 0.5) is 0 Å². The van der Waals surface area contributed by atoms with Crippen LogP contribution in [0, 0.1) is 0 Å². The van der Waals surface area contributed by atoms with Crippen molar-refractivity contribution >= 4 is 41.0 Å². The van der Waals surface area contributed by atoms with Gasteiger partial charge in [-0.2, -0.15) is 0 Å². The number of carbonyl (C=O) groups excluding carboxylic acids is 3. The number of aromatic nitrogens is 2. The summed E-state index contributed by atoms with van der Waals surface area (Å²) in [5, 5.41) is 8.01. The van der Waals surface area contributed by atoms with Gasteiger partial charge in [0.05, 0.1) is 21.2 Å². The highest BCUT2D eigenvalue weighted by molar-refractivity contribution is 6.43. The molecule has 0 saturated heterocycles. The summed E-state index contributed by atoms with van der Waals surface area (Å²) in [5.41, 5.74) is 0.885. The molecule has 0 fully saturated rings. The van der Waals surface area contributed by atoms with Gasteiger partial charge >= 0.3 is 5.97 Å². The number of nitrogens with zero attached hydrogens (tertiary/aromatic N) is 3. The second kappa shape index (κ2) is 7.89. The first-order chi connectivity index (χ1) is 14.4. The summed E-state index contributed by atoms with van der Waals surface area (Å²) in [7, 11) is 0. The number of fused-ring (bicyclic) bond motifs is 1. The fraction of sp³-hybridized carbons (Fsp3) is 0.150. The second-order valence-corrected chi connectivity index (χ2v) is 7.26. The Morgan fingerprint density at radius 1 is 1.07 bits per heavy atom. The molecule has 1 aromatic heterocycles. The molecule has 0 unspecified atom stereocenters. The molecule has 30 heavy (non-hydrogen) atoms. The molecule has 2 heterocycles. The molecule has 1 aliphatic rings. The Bertz CT molecular complexity index is 1120. The Morgan fingerprint density at radius 2 is 1.67 bits per heavy atom. The predicted molar refractivity (Wildman–Crippen MR) is 106 cm³/mol.